The Hall–Kier alpha value is -5.07. The van der Waals surface area contributed by atoms with Crippen LogP contribution in [-0.2, 0) is 28.6 Å². The number of esters is 3. The Morgan fingerprint density at radius 2 is 1.56 bits per heavy atom. The molecule has 1 saturated heterocycles. The molecule has 0 radical (unpaired) electrons. The first-order chi connectivity index (χ1) is 18.6. The number of carbonyl (C=O) groups is 5. The lowest BCUT2D eigenvalue weighted by molar-refractivity contribution is -0.385. The molecular formula is C26H21N3O10. The molecule has 0 unspecified atom stereocenters. The highest BCUT2D eigenvalue weighted by Crippen LogP contribution is 2.57. The summed E-state index contributed by atoms with van der Waals surface area (Å²) in [6.45, 7) is 0. The normalized spacial score (nSPS) is 20.4. The minimum atomic E-state index is -2.08. The molecule has 2 aromatic rings. The molecule has 0 saturated carbocycles. The number of hydrogen-bond donors (Lipinski definition) is 0. The third-order valence-electron chi connectivity index (χ3n) is 7.36. The van der Waals surface area contributed by atoms with Crippen LogP contribution >= 0.6 is 0 Å². The Bertz CT molecular complexity index is 1500. The molecule has 13 heteroatoms. The predicted octanol–water partition coefficient (Wildman–Crippen LogP) is 1.82. The Labute approximate surface area is 220 Å². The molecule has 2 aromatic carbocycles. The van der Waals surface area contributed by atoms with Gasteiger partial charge in [0.15, 0.2) is 5.41 Å². The van der Waals surface area contributed by atoms with Crippen LogP contribution in [0.25, 0.3) is 5.57 Å². The summed E-state index contributed by atoms with van der Waals surface area (Å²) in [4.78, 5) is 79.8. The number of fused-ring (bicyclic) bond motifs is 4. The molecule has 1 fully saturated rings. The summed E-state index contributed by atoms with van der Waals surface area (Å²) in [5, 5.41) is 11.6. The first kappa shape index (κ1) is 25.6. The summed E-state index contributed by atoms with van der Waals surface area (Å²) in [5.74, 6) is -4.56. The number of rotatable bonds is 5. The van der Waals surface area contributed by atoms with Gasteiger partial charge >= 0.3 is 17.9 Å². The largest absolute Gasteiger partial charge is 0.468 e. The lowest BCUT2D eigenvalue weighted by Crippen LogP contribution is -2.47. The van der Waals surface area contributed by atoms with Crippen LogP contribution in [0.3, 0.4) is 0 Å². The number of nitrogens with zero attached hydrogens (tertiary/aromatic N) is 3. The van der Waals surface area contributed by atoms with Crippen LogP contribution in [0.5, 0.6) is 0 Å². The van der Waals surface area contributed by atoms with Crippen LogP contribution in [0.15, 0.2) is 48.7 Å². The second-order valence-electron chi connectivity index (χ2n) is 9.05. The van der Waals surface area contributed by atoms with E-state index in [1.807, 2.05) is 0 Å². The molecule has 13 nitrogen and oxygen atoms in total. The number of carbonyl (C=O) groups excluding carboxylic acids is 5. The number of benzene rings is 2. The number of methoxy groups -OCH3 is 3. The number of amides is 2. The van der Waals surface area contributed by atoms with E-state index in [1.54, 1.807) is 24.3 Å². The fourth-order valence-corrected chi connectivity index (χ4v) is 5.76. The van der Waals surface area contributed by atoms with Gasteiger partial charge in [-0.1, -0.05) is 30.3 Å². The predicted molar refractivity (Wildman–Crippen MR) is 129 cm³/mol. The molecule has 2 amide bonds. The summed E-state index contributed by atoms with van der Waals surface area (Å²) in [7, 11) is 3.34. The van der Waals surface area contributed by atoms with Crippen molar-refractivity contribution in [2.45, 2.75) is 18.6 Å². The van der Waals surface area contributed by atoms with Crippen molar-refractivity contribution in [1.29, 1.82) is 0 Å². The van der Waals surface area contributed by atoms with E-state index >= 15 is 0 Å². The molecule has 5 rings (SSSR count). The van der Waals surface area contributed by atoms with Gasteiger partial charge in [0.25, 0.3) is 17.5 Å². The standard InChI is InChI=1S/C26H21N3O10/c1-37-23(32)16-12-27-18(28-21(30)15-9-6-10-17(29(35)36)19(15)22(28)31)11-26(24(33)38-2,25(34)39-3)20(27)14-8-5-4-7-13(14)16/h4-10,12,18,20H,11H2,1-3H3/t18-,20-/m1/s1. The maximum Gasteiger partial charge on any atom is 0.339 e. The van der Waals surface area contributed by atoms with Gasteiger partial charge in [0.1, 0.15) is 11.7 Å². The van der Waals surface area contributed by atoms with E-state index in [0.717, 1.165) is 25.2 Å². The van der Waals surface area contributed by atoms with Crippen LogP contribution in [0.2, 0.25) is 0 Å². The fraction of sp³-hybridized carbons (Fsp3) is 0.269. The SMILES string of the molecule is COC(=O)C1=CN2[C@H](N3C(=O)c4cccc([N+](=O)[O-])c4C3=O)CC(C(=O)OC)(C(=O)OC)[C@H]2c2ccccc21. The third kappa shape index (κ3) is 3.35. The highest BCUT2D eigenvalue weighted by atomic mass is 16.6. The van der Waals surface area contributed by atoms with Gasteiger partial charge < -0.3 is 19.1 Å². The van der Waals surface area contributed by atoms with Gasteiger partial charge in [-0.3, -0.25) is 34.2 Å². The third-order valence-corrected chi connectivity index (χ3v) is 7.36. The summed E-state index contributed by atoms with van der Waals surface area (Å²) >= 11 is 0. The van der Waals surface area contributed by atoms with Gasteiger partial charge in [-0.25, -0.2) is 4.79 Å². The van der Waals surface area contributed by atoms with E-state index in [-0.39, 0.29) is 11.1 Å². The van der Waals surface area contributed by atoms with Crippen molar-refractivity contribution < 1.29 is 43.1 Å². The smallest absolute Gasteiger partial charge is 0.339 e. The molecule has 3 heterocycles. The van der Waals surface area contributed by atoms with Gasteiger partial charge in [-0.2, -0.15) is 0 Å². The van der Waals surface area contributed by atoms with Crippen LogP contribution < -0.4 is 0 Å². The van der Waals surface area contributed by atoms with Crippen molar-refractivity contribution in [3.63, 3.8) is 0 Å². The molecule has 0 bridgehead atoms. The quantitative estimate of drug-likeness (QED) is 0.137. The second kappa shape index (κ2) is 9.04. The first-order valence-electron chi connectivity index (χ1n) is 11.6. The molecule has 0 spiro atoms. The molecular weight excluding hydrogens is 514 g/mol. The van der Waals surface area contributed by atoms with E-state index in [2.05, 4.69) is 0 Å². The zero-order valence-electron chi connectivity index (χ0n) is 20.9. The van der Waals surface area contributed by atoms with Crippen LogP contribution in [0.1, 0.15) is 44.3 Å². The van der Waals surface area contributed by atoms with Gasteiger partial charge in [-0.15, -0.1) is 0 Å². The van der Waals surface area contributed by atoms with E-state index in [4.69, 9.17) is 14.2 Å². The Morgan fingerprint density at radius 1 is 0.923 bits per heavy atom. The zero-order chi connectivity index (χ0) is 28.2. The number of nitro groups is 1. The van der Waals surface area contributed by atoms with Crippen molar-refractivity contribution in [1.82, 2.24) is 9.80 Å². The average Bonchev–Trinajstić information content (AvgIpc) is 3.43. The number of nitro benzene ring substituents is 1. The van der Waals surface area contributed by atoms with Crippen molar-refractivity contribution in [3.05, 3.63) is 81.0 Å². The average molecular weight is 535 g/mol. The summed E-state index contributed by atoms with van der Waals surface area (Å²) < 4.78 is 15.0. The maximum atomic E-state index is 13.6. The van der Waals surface area contributed by atoms with Gasteiger partial charge in [0.05, 0.1) is 43.4 Å². The number of ether oxygens (including phenoxy) is 3. The molecule has 0 aromatic heterocycles. The highest BCUT2D eigenvalue weighted by Gasteiger charge is 2.67. The van der Waals surface area contributed by atoms with Crippen molar-refractivity contribution in [3.8, 4) is 0 Å². The monoisotopic (exact) mass is 535 g/mol. The highest BCUT2D eigenvalue weighted by molar-refractivity contribution is 6.23. The van der Waals surface area contributed by atoms with Gasteiger partial charge in [0.2, 0.25) is 0 Å². The summed E-state index contributed by atoms with van der Waals surface area (Å²) in [6, 6.07) is 8.98. The Balaban J connectivity index is 1.77. The Morgan fingerprint density at radius 3 is 2.18 bits per heavy atom. The van der Waals surface area contributed by atoms with E-state index < -0.39 is 69.9 Å². The molecule has 0 aliphatic carbocycles. The molecule has 3 aliphatic rings. The van der Waals surface area contributed by atoms with Gasteiger partial charge in [0, 0.05) is 18.7 Å². The van der Waals surface area contributed by atoms with Crippen LogP contribution in [0.4, 0.5) is 5.69 Å². The van der Waals surface area contributed by atoms with Crippen LogP contribution in [0, 0.1) is 15.5 Å². The molecule has 200 valence electrons. The first-order valence-corrected chi connectivity index (χ1v) is 11.6. The summed E-state index contributed by atoms with van der Waals surface area (Å²) in [5.41, 5.74) is -2.50. The van der Waals surface area contributed by atoms with E-state index in [0.29, 0.717) is 11.1 Å². The minimum absolute atomic E-state index is 0.0440. The lowest BCUT2D eigenvalue weighted by Gasteiger charge is -2.39. The van der Waals surface area contributed by atoms with Gasteiger partial charge in [-0.05, 0) is 17.2 Å². The van der Waals surface area contributed by atoms with E-state index in [1.165, 1.54) is 30.3 Å². The van der Waals surface area contributed by atoms with Crippen molar-refractivity contribution in [2.75, 3.05) is 21.3 Å². The fourth-order valence-electron chi connectivity index (χ4n) is 5.76. The number of imide groups is 1. The van der Waals surface area contributed by atoms with Crippen molar-refractivity contribution in [2.24, 2.45) is 5.41 Å². The molecule has 2 atom stereocenters. The maximum absolute atomic E-state index is 13.6. The number of hydrogen-bond acceptors (Lipinski definition) is 11. The second-order valence-corrected chi connectivity index (χ2v) is 9.05. The van der Waals surface area contributed by atoms with Crippen molar-refractivity contribution >= 4 is 41.0 Å². The zero-order valence-corrected chi connectivity index (χ0v) is 20.9. The van der Waals surface area contributed by atoms with Crippen LogP contribution in [-0.4, -0.2) is 71.9 Å². The lowest BCUT2D eigenvalue weighted by atomic mass is 9.74. The summed E-state index contributed by atoms with van der Waals surface area (Å²) in [6.07, 6.45) is -0.502. The Kier molecular flexibility index (Phi) is 5.93. The topological polar surface area (TPSA) is 163 Å². The molecule has 3 aliphatic heterocycles. The molecule has 0 N–H and O–H groups in total. The van der Waals surface area contributed by atoms with E-state index in [9.17, 15) is 34.1 Å². The molecule has 39 heavy (non-hydrogen) atoms. The minimum Gasteiger partial charge on any atom is -0.468 e.